The third-order valence-electron chi connectivity index (χ3n) is 2.35. The summed E-state index contributed by atoms with van der Waals surface area (Å²) in [7, 11) is 3.05. The van der Waals surface area contributed by atoms with Crippen LogP contribution in [-0.4, -0.2) is 19.2 Å². The van der Waals surface area contributed by atoms with Gasteiger partial charge >= 0.3 is 0 Å². The van der Waals surface area contributed by atoms with Gasteiger partial charge in [-0.25, -0.2) is 0 Å². The minimum absolute atomic E-state index is 0.200. The van der Waals surface area contributed by atoms with E-state index in [1.165, 1.54) is 14.2 Å². The molecule has 0 bridgehead atoms. The van der Waals surface area contributed by atoms with Crippen LogP contribution in [0.5, 0.6) is 11.5 Å². The fraction of sp³-hybridized carbons (Fsp3) is 0.182. The number of fused-ring (bicyclic) bond motifs is 1. The molecule has 0 saturated heterocycles. The van der Waals surface area contributed by atoms with Gasteiger partial charge < -0.3 is 14.5 Å². The molecule has 1 aromatic carbocycles. The van der Waals surface area contributed by atoms with Crippen molar-refractivity contribution in [3.63, 3.8) is 0 Å². The van der Waals surface area contributed by atoms with Crippen molar-refractivity contribution in [2.75, 3.05) is 14.2 Å². The number of halogens is 1. The van der Waals surface area contributed by atoms with Gasteiger partial charge in [-0.15, -0.1) is 0 Å². The monoisotopic (exact) mass is 283 g/mol. The molecule has 0 radical (unpaired) electrons. The number of ether oxygens (including phenoxy) is 2. The Morgan fingerprint density at radius 3 is 2.69 bits per heavy atom. The summed E-state index contributed by atoms with van der Waals surface area (Å²) < 4.78 is 11.2. The van der Waals surface area contributed by atoms with E-state index in [1.807, 2.05) is 6.07 Å². The Morgan fingerprint density at radius 2 is 2.06 bits per heavy atom. The first-order chi connectivity index (χ1) is 7.69. The number of hydrogen-bond acceptors (Lipinski definition) is 3. The zero-order valence-electron chi connectivity index (χ0n) is 8.83. The summed E-state index contributed by atoms with van der Waals surface area (Å²) in [6.07, 6.45) is 1.60. The zero-order chi connectivity index (χ0) is 11.7. The van der Waals surface area contributed by atoms with Gasteiger partial charge in [0, 0.05) is 16.1 Å². The van der Waals surface area contributed by atoms with E-state index < -0.39 is 0 Å². The molecule has 1 heterocycles. The van der Waals surface area contributed by atoms with Crippen molar-refractivity contribution in [3.05, 3.63) is 33.2 Å². The van der Waals surface area contributed by atoms with Crippen molar-refractivity contribution < 1.29 is 9.47 Å². The van der Waals surface area contributed by atoms with Crippen LogP contribution in [0.3, 0.4) is 0 Å². The molecule has 2 rings (SSSR count). The molecule has 2 aromatic rings. The van der Waals surface area contributed by atoms with E-state index >= 15 is 0 Å². The smallest absolute Gasteiger partial charge is 0.259 e. The Hall–Kier alpha value is -1.49. The highest BCUT2D eigenvalue weighted by molar-refractivity contribution is 9.10. The number of aromatic nitrogens is 1. The van der Waals surface area contributed by atoms with Gasteiger partial charge in [0.1, 0.15) is 0 Å². The van der Waals surface area contributed by atoms with E-state index in [0.717, 1.165) is 9.86 Å². The molecule has 1 aromatic heterocycles. The second-order valence-electron chi connectivity index (χ2n) is 3.19. The number of hydrogen-bond donors (Lipinski definition) is 1. The maximum atomic E-state index is 11.8. The van der Waals surface area contributed by atoms with Gasteiger partial charge in [0.25, 0.3) is 5.56 Å². The fourth-order valence-corrected chi connectivity index (χ4v) is 2.18. The maximum absolute atomic E-state index is 11.8. The lowest BCUT2D eigenvalue weighted by Crippen LogP contribution is -2.07. The first-order valence-electron chi connectivity index (χ1n) is 4.61. The minimum atomic E-state index is -0.200. The summed E-state index contributed by atoms with van der Waals surface area (Å²) in [6.45, 7) is 0. The lowest BCUT2D eigenvalue weighted by atomic mass is 10.1. The first kappa shape index (κ1) is 11.0. The third kappa shape index (κ3) is 1.57. The molecule has 0 atom stereocenters. The van der Waals surface area contributed by atoms with E-state index in [9.17, 15) is 4.79 Å². The predicted octanol–water partition coefficient (Wildman–Crippen LogP) is 2.31. The Labute approximate surface area is 100 Å². The number of nitrogens with one attached hydrogen (secondary N) is 1. The molecular weight excluding hydrogens is 274 g/mol. The molecule has 5 heteroatoms. The summed E-state index contributed by atoms with van der Waals surface area (Å²) in [5, 5.41) is 1.28. The average molecular weight is 284 g/mol. The molecular formula is C11H10BrNO3. The van der Waals surface area contributed by atoms with Crippen LogP contribution in [0.25, 0.3) is 10.8 Å². The van der Waals surface area contributed by atoms with Gasteiger partial charge in [0.05, 0.1) is 19.6 Å². The van der Waals surface area contributed by atoms with Crippen LogP contribution in [0.15, 0.2) is 27.6 Å². The number of aromatic amines is 1. The Bertz CT molecular complexity index is 592. The molecule has 0 aliphatic carbocycles. The van der Waals surface area contributed by atoms with Crippen LogP contribution in [0.4, 0.5) is 0 Å². The molecule has 84 valence electrons. The largest absolute Gasteiger partial charge is 0.493 e. The van der Waals surface area contributed by atoms with Gasteiger partial charge in [-0.05, 0) is 12.1 Å². The Balaban J connectivity index is 2.99. The molecule has 0 aliphatic heterocycles. The van der Waals surface area contributed by atoms with E-state index in [1.54, 1.807) is 12.3 Å². The minimum Gasteiger partial charge on any atom is -0.493 e. The molecule has 0 fully saturated rings. The van der Waals surface area contributed by atoms with Crippen LogP contribution in [0, 0.1) is 0 Å². The fourth-order valence-electron chi connectivity index (χ4n) is 1.64. The van der Waals surface area contributed by atoms with Crippen LogP contribution in [-0.2, 0) is 0 Å². The molecule has 1 N–H and O–H groups in total. The summed E-state index contributed by atoms with van der Waals surface area (Å²) in [6, 6.07) is 3.59. The molecule has 0 saturated carbocycles. The average Bonchev–Trinajstić information content (AvgIpc) is 2.29. The summed E-state index contributed by atoms with van der Waals surface area (Å²) in [5.41, 5.74) is -0.200. The van der Waals surface area contributed by atoms with Crippen molar-refractivity contribution in [2.45, 2.75) is 0 Å². The van der Waals surface area contributed by atoms with Gasteiger partial charge in [-0.3, -0.25) is 4.79 Å². The Kier molecular flexibility index (Phi) is 2.87. The number of methoxy groups -OCH3 is 2. The van der Waals surface area contributed by atoms with E-state index in [2.05, 4.69) is 20.9 Å². The van der Waals surface area contributed by atoms with E-state index in [0.29, 0.717) is 16.9 Å². The van der Waals surface area contributed by atoms with E-state index in [4.69, 9.17) is 9.47 Å². The summed E-state index contributed by atoms with van der Waals surface area (Å²) in [4.78, 5) is 14.4. The highest BCUT2D eigenvalue weighted by atomic mass is 79.9. The van der Waals surface area contributed by atoms with Crippen molar-refractivity contribution in [2.24, 2.45) is 0 Å². The second-order valence-corrected chi connectivity index (χ2v) is 4.04. The van der Waals surface area contributed by atoms with Crippen molar-refractivity contribution in [3.8, 4) is 11.5 Å². The van der Waals surface area contributed by atoms with Crippen molar-refractivity contribution in [1.82, 2.24) is 4.98 Å². The standard InChI is InChI=1S/C11H10BrNO3/c1-15-8-5-7(12)6-3-4-13-11(14)9(6)10(8)16-2/h3-5H,1-2H3,(H,13,14). The number of rotatable bonds is 2. The van der Waals surface area contributed by atoms with Crippen LogP contribution >= 0.6 is 15.9 Å². The zero-order valence-corrected chi connectivity index (χ0v) is 10.4. The molecule has 0 spiro atoms. The highest BCUT2D eigenvalue weighted by Gasteiger charge is 2.14. The SMILES string of the molecule is COc1cc(Br)c2cc[nH]c(=O)c2c1OC. The summed E-state index contributed by atoms with van der Waals surface area (Å²) >= 11 is 3.40. The normalized spacial score (nSPS) is 10.4. The topological polar surface area (TPSA) is 51.3 Å². The van der Waals surface area contributed by atoms with Crippen LogP contribution < -0.4 is 15.0 Å². The van der Waals surface area contributed by atoms with Gasteiger partial charge in [-0.1, -0.05) is 15.9 Å². The quantitative estimate of drug-likeness (QED) is 0.920. The molecule has 16 heavy (non-hydrogen) atoms. The lowest BCUT2D eigenvalue weighted by Gasteiger charge is -2.11. The number of H-pyrrole nitrogens is 1. The number of benzene rings is 1. The molecule has 0 unspecified atom stereocenters. The van der Waals surface area contributed by atoms with Gasteiger partial charge in [0.15, 0.2) is 11.5 Å². The molecule has 0 amide bonds. The van der Waals surface area contributed by atoms with Crippen LogP contribution in [0.1, 0.15) is 0 Å². The maximum Gasteiger partial charge on any atom is 0.259 e. The van der Waals surface area contributed by atoms with Gasteiger partial charge in [-0.2, -0.15) is 0 Å². The van der Waals surface area contributed by atoms with Gasteiger partial charge in [0.2, 0.25) is 0 Å². The predicted molar refractivity (Wildman–Crippen MR) is 65.4 cm³/mol. The molecule has 4 nitrogen and oxygen atoms in total. The highest BCUT2D eigenvalue weighted by Crippen LogP contribution is 2.37. The molecule has 0 aliphatic rings. The number of pyridine rings is 1. The second kappa shape index (κ2) is 4.17. The third-order valence-corrected chi connectivity index (χ3v) is 3.01. The van der Waals surface area contributed by atoms with Crippen molar-refractivity contribution in [1.29, 1.82) is 0 Å². The van der Waals surface area contributed by atoms with E-state index in [-0.39, 0.29) is 5.56 Å². The Morgan fingerprint density at radius 1 is 1.31 bits per heavy atom. The first-order valence-corrected chi connectivity index (χ1v) is 5.40. The van der Waals surface area contributed by atoms with Crippen LogP contribution in [0.2, 0.25) is 0 Å². The van der Waals surface area contributed by atoms with Crippen molar-refractivity contribution >= 4 is 26.7 Å². The summed E-state index contributed by atoms with van der Waals surface area (Å²) in [5.74, 6) is 0.973. The lowest BCUT2D eigenvalue weighted by molar-refractivity contribution is 0.358.